The maximum absolute atomic E-state index is 6.37. The van der Waals surface area contributed by atoms with Gasteiger partial charge in [-0.3, -0.25) is 4.40 Å². The summed E-state index contributed by atoms with van der Waals surface area (Å²) in [5.74, 6) is 2.56. The minimum atomic E-state index is 0.257. The minimum Gasteiger partial charge on any atom is -0.366 e. The van der Waals surface area contributed by atoms with Crippen LogP contribution in [0.1, 0.15) is 24.2 Å². The lowest BCUT2D eigenvalue weighted by Gasteiger charge is -2.33. The van der Waals surface area contributed by atoms with Gasteiger partial charge in [-0.2, -0.15) is 10.1 Å². The number of hydrogen-bond acceptors (Lipinski definition) is 9. The highest BCUT2D eigenvalue weighted by molar-refractivity contribution is 6.32. The summed E-state index contributed by atoms with van der Waals surface area (Å²) in [6.45, 7) is 5.69. The molecular weight excluding hydrogens is 428 g/mol. The van der Waals surface area contributed by atoms with Crippen molar-refractivity contribution in [2.24, 2.45) is 0 Å². The van der Waals surface area contributed by atoms with Crippen molar-refractivity contribution in [1.29, 1.82) is 0 Å². The molecule has 0 aromatic carbocycles. The number of nitrogens with one attached hydrogen (secondary N) is 2. The van der Waals surface area contributed by atoms with Crippen molar-refractivity contribution in [3.8, 4) is 0 Å². The number of rotatable bonds is 5. The Morgan fingerprint density at radius 2 is 1.88 bits per heavy atom. The number of piperidine rings is 1. The first-order valence-corrected chi connectivity index (χ1v) is 10.8. The van der Waals surface area contributed by atoms with Crippen LogP contribution in [0.3, 0.4) is 0 Å². The molecular formula is C21H23ClN10. The van der Waals surface area contributed by atoms with Gasteiger partial charge in [0.25, 0.3) is 0 Å². The monoisotopic (exact) mass is 450 g/mol. The molecule has 0 spiro atoms. The fraction of sp³-hybridized carbons (Fsp3) is 0.333. The van der Waals surface area contributed by atoms with E-state index >= 15 is 0 Å². The van der Waals surface area contributed by atoms with Crippen LogP contribution >= 0.6 is 11.6 Å². The molecule has 0 saturated carbocycles. The predicted molar refractivity (Wildman–Crippen MR) is 124 cm³/mol. The van der Waals surface area contributed by atoms with Gasteiger partial charge in [-0.15, -0.1) is 5.10 Å². The van der Waals surface area contributed by atoms with Crippen LogP contribution in [0, 0.1) is 13.8 Å². The van der Waals surface area contributed by atoms with Crippen molar-refractivity contribution in [1.82, 2.24) is 34.5 Å². The van der Waals surface area contributed by atoms with Crippen molar-refractivity contribution in [2.75, 3.05) is 28.6 Å². The summed E-state index contributed by atoms with van der Waals surface area (Å²) in [6.07, 6.45) is 7.00. The van der Waals surface area contributed by atoms with E-state index in [1.165, 1.54) is 0 Å². The molecule has 10 nitrogen and oxygen atoms in total. The summed E-state index contributed by atoms with van der Waals surface area (Å²) < 4.78 is 1.91. The summed E-state index contributed by atoms with van der Waals surface area (Å²) in [5.41, 5.74) is 2.74. The second kappa shape index (κ2) is 8.54. The molecule has 0 aliphatic carbocycles. The summed E-state index contributed by atoms with van der Waals surface area (Å²) in [4.78, 5) is 19.9. The molecule has 5 heterocycles. The number of imidazole rings is 1. The van der Waals surface area contributed by atoms with Crippen LogP contribution in [0.4, 0.5) is 23.4 Å². The third kappa shape index (κ3) is 4.26. The summed E-state index contributed by atoms with van der Waals surface area (Å²) in [6, 6.07) is 6.11. The number of anilines is 4. The quantitative estimate of drug-likeness (QED) is 0.472. The first-order chi connectivity index (χ1) is 15.5. The van der Waals surface area contributed by atoms with E-state index in [2.05, 4.69) is 45.7 Å². The molecule has 2 N–H and O–H groups in total. The molecule has 0 atom stereocenters. The number of aryl methyl sites for hydroxylation is 2. The molecule has 4 aromatic rings. The predicted octanol–water partition coefficient (Wildman–Crippen LogP) is 3.40. The molecule has 0 unspecified atom stereocenters. The molecule has 164 valence electrons. The van der Waals surface area contributed by atoms with Gasteiger partial charge in [-0.05, 0) is 38.8 Å². The third-order valence-electron chi connectivity index (χ3n) is 5.52. The van der Waals surface area contributed by atoms with Crippen molar-refractivity contribution in [2.45, 2.75) is 32.7 Å². The fourth-order valence-electron chi connectivity index (χ4n) is 3.72. The van der Waals surface area contributed by atoms with Crippen LogP contribution in [0.2, 0.25) is 5.02 Å². The van der Waals surface area contributed by atoms with E-state index in [0.717, 1.165) is 48.8 Å². The SMILES string of the molecule is Cc1ccc(N2CCC(Nc3nc(Nc4cc5ncc(C)n5cn4)ncc3Cl)CC2)nn1. The largest absolute Gasteiger partial charge is 0.366 e. The Morgan fingerprint density at radius 1 is 1.03 bits per heavy atom. The zero-order valence-electron chi connectivity index (χ0n) is 17.8. The Kier molecular flexibility index (Phi) is 5.44. The van der Waals surface area contributed by atoms with Gasteiger partial charge >= 0.3 is 0 Å². The number of hydrogen-bond donors (Lipinski definition) is 2. The topological polar surface area (TPSA) is 109 Å². The van der Waals surface area contributed by atoms with Crippen LogP contribution in [-0.4, -0.2) is 53.7 Å². The molecule has 1 aliphatic heterocycles. The highest BCUT2D eigenvalue weighted by Gasteiger charge is 2.21. The maximum atomic E-state index is 6.37. The van der Waals surface area contributed by atoms with Crippen LogP contribution in [0.5, 0.6) is 0 Å². The average molecular weight is 451 g/mol. The Hall–Kier alpha value is -3.53. The van der Waals surface area contributed by atoms with Gasteiger partial charge in [0.15, 0.2) is 11.6 Å². The molecule has 1 fully saturated rings. The van der Waals surface area contributed by atoms with Crippen molar-refractivity contribution >= 4 is 40.7 Å². The van der Waals surface area contributed by atoms with Gasteiger partial charge in [0, 0.05) is 37.1 Å². The fourth-order valence-corrected chi connectivity index (χ4v) is 3.87. The van der Waals surface area contributed by atoms with Crippen LogP contribution in [0.25, 0.3) is 5.65 Å². The summed E-state index contributed by atoms with van der Waals surface area (Å²) >= 11 is 6.37. The Morgan fingerprint density at radius 3 is 2.66 bits per heavy atom. The second-order valence-corrected chi connectivity index (χ2v) is 8.26. The van der Waals surface area contributed by atoms with Crippen LogP contribution < -0.4 is 15.5 Å². The standard InChI is InChI=1S/C21H23ClN10/c1-13-3-4-18(30-29-13)31-7-5-15(6-8-31)26-20-16(22)11-24-21(28-20)27-17-9-19-23-10-14(2)32(19)12-25-17/h3-4,9-12,15H,5-8H2,1-2H3,(H2,24,26,27,28). The molecule has 0 radical (unpaired) electrons. The third-order valence-corrected chi connectivity index (χ3v) is 5.79. The zero-order valence-corrected chi connectivity index (χ0v) is 18.6. The normalized spacial score (nSPS) is 14.7. The van der Waals surface area contributed by atoms with E-state index in [9.17, 15) is 0 Å². The number of nitrogens with zero attached hydrogens (tertiary/aromatic N) is 8. The first kappa shape index (κ1) is 20.4. The Balaban J connectivity index is 1.24. The van der Waals surface area contributed by atoms with Gasteiger partial charge in [-0.1, -0.05) is 11.6 Å². The van der Waals surface area contributed by atoms with E-state index < -0.39 is 0 Å². The van der Waals surface area contributed by atoms with E-state index in [1.54, 1.807) is 18.7 Å². The van der Waals surface area contributed by atoms with Gasteiger partial charge < -0.3 is 15.5 Å². The molecule has 0 bridgehead atoms. The van der Waals surface area contributed by atoms with E-state index in [0.29, 0.717) is 22.6 Å². The van der Waals surface area contributed by atoms with Crippen LogP contribution in [-0.2, 0) is 0 Å². The van der Waals surface area contributed by atoms with Gasteiger partial charge in [0.1, 0.15) is 22.8 Å². The van der Waals surface area contributed by atoms with E-state index in [4.69, 9.17) is 11.6 Å². The van der Waals surface area contributed by atoms with Gasteiger partial charge in [0.2, 0.25) is 5.95 Å². The molecule has 1 aliphatic rings. The lowest BCUT2D eigenvalue weighted by molar-refractivity contribution is 0.521. The molecule has 0 amide bonds. The van der Waals surface area contributed by atoms with E-state index in [1.807, 2.05) is 36.4 Å². The number of halogens is 1. The minimum absolute atomic E-state index is 0.257. The lowest BCUT2D eigenvalue weighted by atomic mass is 10.1. The Labute approximate surface area is 190 Å². The lowest BCUT2D eigenvalue weighted by Crippen LogP contribution is -2.39. The molecule has 32 heavy (non-hydrogen) atoms. The molecule has 1 saturated heterocycles. The first-order valence-electron chi connectivity index (χ1n) is 10.5. The van der Waals surface area contributed by atoms with Crippen molar-refractivity contribution in [3.05, 3.63) is 53.3 Å². The van der Waals surface area contributed by atoms with E-state index in [-0.39, 0.29) is 6.04 Å². The van der Waals surface area contributed by atoms with Crippen LogP contribution in [0.15, 0.2) is 36.9 Å². The number of fused-ring (bicyclic) bond motifs is 1. The highest BCUT2D eigenvalue weighted by Crippen LogP contribution is 2.25. The maximum Gasteiger partial charge on any atom is 0.230 e. The summed E-state index contributed by atoms with van der Waals surface area (Å²) in [5, 5.41) is 15.5. The van der Waals surface area contributed by atoms with Crippen molar-refractivity contribution in [3.63, 3.8) is 0 Å². The van der Waals surface area contributed by atoms with Crippen molar-refractivity contribution < 1.29 is 0 Å². The Bertz CT molecular complexity index is 1230. The van der Waals surface area contributed by atoms with Gasteiger partial charge in [-0.25, -0.2) is 15.0 Å². The zero-order chi connectivity index (χ0) is 22.1. The summed E-state index contributed by atoms with van der Waals surface area (Å²) in [7, 11) is 0. The molecule has 11 heteroatoms. The molecule has 5 rings (SSSR count). The molecule has 4 aromatic heterocycles. The highest BCUT2D eigenvalue weighted by atomic mass is 35.5. The van der Waals surface area contributed by atoms with Gasteiger partial charge in [0.05, 0.1) is 11.9 Å². The number of aromatic nitrogens is 7. The second-order valence-electron chi connectivity index (χ2n) is 7.86. The smallest absolute Gasteiger partial charge is 0.230 e. The average Bonchev–Trinajstić information content (AvgIpc) is 3.17.